The summed E-state index contributed by atoms with van der Waals surface area (Å²) < 4.78 is 0. The Bertz CT molecular complexity index is 3160. The van der Waals surface area contributed by atoms with E-state index in [0.29, 0.717) is 40.5 Å². The van der Waals surface area contributed by atoms with Crippen LogP contribution < -0.4 is 0 Å². The summed E-state index contributed by atoms with van der Waals surface area (Å²) in [5, 5.41) is 9.85. The van der Waals surface area contributed by atoms with E-state index in [-0.39, 0.29) is 0 Å². The van der Waals surface area contributed by atoms with E-state index in [4.69, 9.17) is 29.9 Å². The van der Waals surface area contributed by atoms with Gasteiger partial charge in [0.1, 0.15) is 0 Å². The van der Waals surface area contributed by atoms with Crippen LogP contribution in [0.3, 0.4) is 0 Å². The van der Waals surface area contributed by atoms with Crippen molar-refractivity contribution in [3.63, 3.8) is 0 Å². The molecule has 10 rings (SSSR count). The van der Waals surface area contributed by atoms with E-state index in [1.165, 1.54) is 0 Å². The third-order valence-corrected chi connectivity index (χ3v) is 10.7. The molecule has 10 aromatic rings. The fourth-order valence-electron chi connectivity index (χ4n) is 7.63. The Balaban J connectivity index is 1.12. The van der Waals surface area contributed by atoms with Crippen LogP contribution in [0.5, 0.6) is 0 Å². The van der Waals surface area contributed by atoms with Gasteiger partial charge in [-0.2, -0.15) is 5.26 Å². The highest BCUT2D eigenvalue weighted by Gasteiger charge is 2.20. The van der Waals surface area contributed by atoms with Crippen LogP contribution in [0, 0.1) is 11.3 Å². The summed E-state index contributed by atoms with van der Waals surface area (Å²) >= 11 is 0. The van der Waals surface area contributed by atoms with E-state index >= 15 is 0 Å². The first-order valence-electron chi connectivity index (χ1n) is 20.3. The van der Waals surface area contributed by atoms with Gasteiger partial charge in [0.2, 0.25) is 0 Å². The molecule has 0 saturated heterocycles. The molecule has 2 aromatic heterocycles. The standard InChI is InChI=1S/C55H35N7/c56-36-45-25-13-14-28-46(45)43-26-15-27-44(35-43)54-59-50(39-19-7-2-8-20-39)57-53(60-54)42-33-31-38(32-34-42)49-47(37-17-5-1-6-18-37)29-16-30-48(49)55-61-51(40-21-9-3-10-22-40)58-52(62-55)41-23-11-4-12-24-41/h1-35H. The second-order valence-corrected chi connectivity index (χ2v) is 14.6. The fraction of sp³-hybridized carbons (Fsp3) is 0. The summed E-state index contributed by atoms with van der Waals surface area (Å²) in [4.78, 5) is 30.3. The molecule has 0 radical (unpaired) electrons. The summed E-state index contributed by atoms with van der Waals surface area (Å²) in [6.45, 7) is 0. The molecule has 0 fully saturated rings. The van der Waals surface area contributed by atoms with Crippen molar-refractivity contribution in [2.24, 2.45) is 0 Å². The van der Waals surface area contributed by atoms with Gasteiger partial charge < -0.3 is 0 Å². The predicted molar refractivity (Wildman–Crippen MR) is 247 cm³/mol. The lowest BCUT2D eigenvalue weighted by Gasteiger charge is -2.17. The van der Waals surface area contributed by atoms with Gasteiger partial charge in [0.25, 0.3) is 0 Å². The molecule has 0 spiro atoms. The predicted octanol–water partition coefficient (Wildman–Crippen LogP) is 12.9. The number of nitrogens with zero attached hydrogens (tertiary/aromatic N) is 7. The zero-order chi connectivity index (χ0) is 41.7. The van der Waals surface area contributed by atoms with Crippen molar-refractivity contribution in [3.8, 4) is 108 Å². The van der Waals surface area contributed by atoms with E-state index in [1.54, 1.807) is 0 Å². The normalized spacial score (nSPS) is 10.9. The lowest BCUT2D eigenvalue weighted by molar-refractivity contribution is 1.07. The third kappa shape index (κ3) is 7.63. The van der Waals surface area contributed by atoms with Crippen LogP contribution in [-0.2, 0) is 0 Å². The molecule has 2 heterocycles. The van der Waals surface area contributed by atoms with Crippen LogP contribution in [0.4, 0.5) is 0 Å². The molecular formula is C55H35N7. The van der Waals surface area contributed by atoms with E-state index in [0.717, 1.165) is 66.8 Å². The smallest absolute Gasteiger partial charge is 0.164 e. The minimum atomic E-state index is 0.532. The van der Waals surface area contributed by atoms with Crippen molar-refractivity contribution in [3.05, 3.63) is 218 Å². The Labute approximate surface area is 359 Å². The molecular weight excluding hydrogens is 759 g/mol. The highest BCUT2D eigenvalue weighted by atomic mass is 15.0. The molecule has 0 amide bonds. The van der Waals surface area contributed by atoms with Gasteiger partial charge in [-0.15, -0.1) is 0 Å². The molecule has 0 saturated carbocycles. The van der Waals surface area contributed by atoms with Gasteiger partial charge in [-0.05, 0) is 39.9 Å². The highest BCUT2D eigenvalue weighted by Crippen LogP contribution is 2.41. The van der Waals surface area contributed by atoms with E-state index < -0.39 is 0 Å². The van der Waals surface area contributed by atoms with Gasteiger partial charge in [0.15, 0.2) is 34.9 Å². The van der Waals surface area contributed by atoms with Crippen molar-refractivity contribution in [1.29, 1.82) is 5.26 Å². The van der Waals surface area contributed by atoms with Crippen molar-refractivity contribution < 1.29 is 0 Å². The van der Waals surface area contributed by atoms with Crippen LogP contribution in [0.1, 0.15) is 5.56 Å². The number of nitriles is 1. The average Bonchev–Trinajstić information content (AvgIpc) is 3.37. The second-order valence-electron chi connectivity index (χ2n) is 14.6. The number of aromatic nitrogens is 6. The number of rotatable bonds is 9. The molecule has 7 nitrogen and oxygen atoms in total. The van der Waals surface area contributed by atoms with E-state index in [1.807, 2.05) is 146 Å². The van der Waals surface area contributed by atoms with Crippen molar-refractivity contribution in [2.75, 3.05) is 0 Å². The van der Waals surface area contributed by atoms with Crippen LogP contribution in [-0.4, -0.2) is 29.9 Å². The lowest BCUT2D eigenvalue weighted by Crippen LogP contribution is -2.02. The van der Waals surface area contributed by atoms with Crippen LogP contribution in [0.15, 0.2) is 212 Å². The van der Waals surface area contributed by atoms with Gasteiger partial charge in [-0.25, -0.2) is 29.9 Å². The molecule has 0 N–H and O–H groups in total. The second kappa shape index (κ2) is 16.9. The summed E-state index contributed by atoms with van der Waals surface area (Å²) in [6, 6.07) is 72.9. The molecule has 290 valence electrons. The Morgan fingerprint density at radius 2 is 0.613 bits per heavy atom. The lowest BCUT2D eigenvalue weighted by atomic mass is 9.89. The summed E-state index contributed by atoms with van der Waals surface area (Å²) in [5.74, 6) is 3.40. The first-order valence-corrected chi connectivity index (χ1v) is 20.3. The molecule has 0 aliphatic heterocycles. The fourth-order valence-corrected chi connectivity index (χ4v) is 7.63. The maximum absolute atomic E-state index is 9.85. The van der Waals surface area contributed by atoms with Crippen molar-refractivity contribution in [1.82, 2.24) is 29.9 Å². The van der Waals surface area contributed by atoms with Gasteiger partial charge >= 0.3 is 0 Å². The zero-order valence-corrected chi connectivity index (χ0v) is 33.3. The van der Waals surface area contributed by atoms with Gasteiger partial charge in [-0.3, -0.25) is 0 Å². The zero-order valence-electron chi connectivity index (χ0n) is 33.3. The average molecular weight is 794 g/mol. The Morgan fingerprint density at radius 3 is 1.15 bits per heavy atom. The SMILES string of the molecule is N#Cc1ccccc1-c1cccc(-c2nc(-c3ccccc3)nc(-c3ccc(-c4c(-c5ccccc5)cccc4-c4nc(-c5ccccc5)nc(-c5ccccc5)n4)cc3)n2)c1. The van der Waals surface area contributed by atoms with Crippen LogP contribution >= 0.6 is 0 Å². The Morgan fingerprint density at radius 1 is 0.258 bits per heavy atom. The molecule has 7 heteroatoms. The minimum absolute atomic E-state index is 0.532. The maximum Gasteiger partial charge on any atom is 0.164 e. The first-order chi connectivity index (χ1) is 30.7. The molecule has 62 heavy (non-hydrogen) atoms. The first kappa shape index (κ1) is 37.5. The van der Waals surface area contributed by atoms with Gasteiger partial charge in [-0.1, -0.05) is 200 Å². The van der Waals surface area contributed by atoms with Crippen LogP contribution in [0.2, 0.25) is 0 Å². The molecule has 0 bridgehead atoms. The Kier molecular flexibility index (Phi) is 10.2. The van der Waals surface area contributed by atoms with E-state index in [9.17, 15) is 5.26 Å². The van der Waals surface area contributed by atoms with Gasteiger partial charge in [0.05, 0.1) is 11.6 Å². The molecule has 0 unspecified atom stereocenters. The summed E-state index contributed by atoms with van der Waals surface area (Å²) in [6.07, 6.45) is 0. The number of benzene rings is 8. The number of hydrogen-bond acceptors (Lipinski definition) is 7. The molecule has 8 aromatic carbocycles. The highest BCUT2D eigenvalue weighted by molar-refractivity contribution is 5.94. The molecule has 0 atom stereocenters. The van der Waals surface area contributed by atoms with E-state index in [2.05, 4.69) is 72.8 Å². The third-order valence-electron chi connectivity index (χ3n) is 10.7. The summed E-state index contributed by atoms with van der Waals surface area (Å²) in [5.41, 5.74) is 11.7. The number of hydrogen-bond donors (Lipinski definition) is 0. The van der Waals surface area contributed by atoms with Crippen molar-refractivity contribution in [2.45, 2.75) is 0 Å². The summed E-state index contributed by atoms with van der Waals surface area (Å²) in [7, 11) is 0. The Hall–Kier alpha value is -8.73. The quantitative estimate of drug-likeness (QED) is 0.143. The molecule has 0 aliphatic carbocycles. The minimum Gasteiger partial charge on any atom is -0.208 e. The van der Waals surface area contributed by atoms with Crippen molar-refractivity contribution >= 4 is 0 Å². The van der Waals surface area contributed by atoms with Gasteiger partial charge in [0, 0.05) is 38.9 Å². The molecule has 0 aliphatic rings. The monoisotopic (exact) mass is 793 g/mol. The maximum atomic E-state index is 9.85. The van der Waals surface area contributed by atoms with Crippen LogP contribution in [0.25, 0.3) is 102 Å². The largest absolute Gasteiger partial charge is 0.208 e. The topological polar surface area (TPSA) is 101 Å².